The van der Waals surface area contributed by atoms with Gasteiger partial charge in [-0.25, -0.2) is 18.9 Å². The fraction of sp³-hybridized carbons (Fsp3) is 0.357. The molecule has 4 atom stereocenters. The molecule has 1 aliphatic rings. The lowest BCUT2D eigenvalue weighted by molar-refractivity contribution is -0.134. The summed E-state index contributed by atoms with van der Waals surface area (Å²) in [5.41, 5.74) is 3.80. The highest BCUT2D eigenvalue weighted by atomic mass is 28.4. The predicted octanol–water partition coefficient (Wildman–Crippen LogP) is 9.63. The van der Waals surface area contributed by atoms with Crippen LogP contribution >= 0.6 is 0 Å². The molecule has 1 heterocycles. The van der Waals surface area contributed by atoms with Crippen LogP contribution in [0.5, 0.6) is 5.75 Å². The van der Waals surface area contributed by atoms with Crippen LogP contribution in [0.2, 0.25) is 18.1 Å². The number of hydrogen-bond donors (Lipinski definition) is 3. The second kappa shape index (κ2) is 17.3. The van der Waals surface area contributed by atoms with Crippen LogP contribution in [0.3, 0.4) is 0 Å². The number of ether oxygens (including phenoxy) is 2. The molecule has 12 heteroatoms. The maximum atomic E-state index is 15.1. The molecule has 0 aromatic heterocycles. The molecule has 0 bridgehead atoms. The number of benzene rings is 4. The van der Waals surface area contributed by atoms with E-state index < -0.39 is 50.5 Å². The third-order valence-corrected chi connectivity index (χ3v) is 14.9. The van der Waals surface area contributed by atoms with Crippen molar-refractivity contribution in [2.45, 2.75) is 76.5 Å². The van der Waals surface area contributed by atoms with E-state index >= 15 is 4.79 Å². The minimum Gasteiger partial charge on any atom is -0.497 e. The lowest BCUT2D eigenvalue weighted by Crippen LogP contribution is -2.43. The number of anilines is 1. The van der Waals surface area contributed by atoms with Gasteiger partial charge in [-0.05, 0) is 89.6 Å². The molecule has 4 aromatic carbocycles. The summed E-state index contributed by atoms with van der Waals surface area (Å²) in [6.07, 6.45) is -1.62. The van der Waals surface area contributed by atoms with E-state index in [2.05, 4.69) is 44.5 Å². The number of nitrogens with zero attached hydrogens (tertiary/aromatic N) is 1. The Morgan fingerprint density at radius 3 is 2.15 bits per heavy atom. The van der Waals surface area contributed by atoms with Crippen molar-refractivity contribution in [1.29, 1.82) is 0 Å². The first kappa shape index (κ1) is 40.0. The van der Waals surface area contributed by atoms with Gasteiger partial charge in [0.2, 0.25) is 5.91 Å². The predicted molar refractivity (Wildman–Crippen MR) is 208 cm³/mol. The summed E-state index contributed by atoms with van der Waals surface area (Å²) in [6.45, 7) is 11.0. The fourth-order valence-electron chi connectivity index (χ4n) is 6.33. The number of amides is 3. The van der Waals surface area contributed by atoms with Gasteiger partial charge in [0.05, 0.1) is 25.2 Å². The average molecular weight is 756 g/mol. The molecular weight excluding hydrogens is 706 g/mol. The standard InChI is InChI=1S/C42H50FN3O7Si/c1-42(2,3)54(5,6)53-37(30-14-18-32(43)19-15-30)25-24-35(39(47)46-36(27-52-41(46)50)29-10-8-7-9-11-29)38(31-16-22-34(51-4)23-17-31)45-33-20-12-28(13-21-33)26-44-40(48)49/h7-23,35-38,44-45H,24-27H2,1-6H3,(H,48,49). The van der Waals surface area contributed by atoms with Crippen molar-refractivity contribution in [3.63, 3.8) is 0 Å². The molecule has 4 aromatic rings. The Bertz CT molecular complexity index is 1870. The number of carboxylic acid groups (broad SMARTS) is 1. The summed E-state index contributed by atoms with van der Waals surface area (Å²) in [5, 5.41) is 14.9. The minimum absolute atomic E-state index is 0.0282. The largest absolute Gasteiger partial charge is 0.497 e. The molecular formula is C42H50FN3O7Si. The quantitative estimate of drug-likeness (QED) is 0.102. The van der Waals surface area contributed by atoms with E-state index in [0.717, 1.165) is 22.3 Å². The van der Waals surface area contributed by atoms with Crippen LogP contribution in [0.15, 0.2) is 103 Å². The molecule has 3 N–H and O–H groups in total. The first-order valence-corrected chi connectivity index (χ1v) is 21.0. The fourth-order valence-corrected chi connectivity index (χ4v) is 7.65. The molecule has 3 amide bonds. The number of halogens is 1. The van der Waals surface area contributed by atoms with Crippen LogP contribution in [0, 0.1) is 11.7 Å². The van der Waals surface area contributed by atoms with Gasteiger partial charge in [0, 0.05) is 12.2 Å². The van der Waals surface area contributed by atoms with Gasteiger partial charge in [-0.2, -0.15) is 0 Å². The van der Waals surface area contributed by atoms with Gasteiger partial charge in [0.15, 0.2) is 8.32 Å². The van der Waals surface area contributed by atoms with Crippen molar-refractivity contribution in [2.24, 2.45) is 5.92 Å². The number of methoxy groups -OCH3 is 1. The smallest absolute Gasteiger partial charge is 0.417 e. The van der Waals surface area contributed by atoms with E-state index in [1.165, 1.54) is 17.0 Å². The van der Waals surface area contributed by atoms with Crippen LogP contribution in [-0.4, -0.2) is 50.1 Å². The molecule has 54 heavy (non-hydrogen) atoms. The Labute approximate surface area is 317 Å². The van der Waals surface area contributed by atoms with Crippen LogP contribution in [-0.2, 0) is 20.5 Å². The van der Waals surface area contributed by atoms with Gasteiger partial charge < -0.3 is 29.6 Å². The third-order valence-electron chi connectivity index (χ3n) is 10.4. The van der Waals surface area contributed by atoms with Crippen LogP contribution in [0.4, 0.5) is 19.7 Å². The summed E-state index contributed by atoms with van der Waals surface area (Å²) < 4.78 is 32.1. The van der Waals surface area contributed by atoms with Crippen molar-refractivity contribution in [3.8, 4) is 5.75 Å². The second-order valence-electron chi connectivity index (χ2n) is 15.1. The van der Waals surface area contributed by atoms with Crippen LogP contribution < -0.4 is 15.4 Å². The molecule has 10 nitrogen and oxygen atoms in total. The van der Waals surface area contributed by atoms with E-state index in [0.29, 0.717) is 17.9 Å². The number of carbonyl (C=O) groups is 3. The van der Waals surface area contributed by atoms with E-state index in [1.54, 1.807) is 31.4 Å². The van der Waals surface area contributed by atoms with Gasteiger partial charge in [0.25, 0.3) is 0 Å². The molecule has 0 spiro atoms. The SMILES string of the molecule is COc1ccc(C(Nc2ccc(CNC(=O)O)cc2)C(CCC(O[Si](C)(C)C(C)(C)C)c2ccc(F)cc2)C(=O)N2C(=O)OCC2c2ccccc2)cc1. The molecule has 5 rings (SSSR count). The normalized spacial score (nSPS) is 16.2. The number of carbonyl (C=O) groups excluding carboxylic acids is 2. The molecule has 0 aliphatic carbocycles. The van der Waals surface area contributed by atoms with Gasteiger partial charge in [-0.1, -0.05) is 87.5 Å². The zero-order valence-electron chi connectivity index (χ0n) is 31.7. The first-order chi connectivity index (χ1) is 25.7. The zero-order valence-corrected chi connectivity index (χ0v) is 32.7. The Balaban J connectivity index is 1.58. The Morgan fingerprint density at radius 2 is 1.56 bits per heavy atom. The molecule has 4 unspecified atom stereocenters. The molecule has 0 radical (unpaired) electrons. The maximum Gasteiger partial charge on any atom is 0.417 e. The third kappa shape index (κ3) is 9.85. The summed E-state index contributed by atoms with van der Waals surface area (Å²) in [7, 11) is -0.790. The molecule has 0 saturated carbocycles. The number of imide groups is 1. The van der Waals surface area contributed by atoms with Gasteiger partial charge in [-0.3, -0.25) is 4.79 Å². The van der Waals surface area contributed by atoms with E-state index in [9.17, 15) is 14.0 Å². The summed E-state index contributed by atoms with van der Waals surface area (Å²) in [6, 6.07) is 29.1. The van der Waals surface area contributed by atoms with Crippen LogP contribution in [0.1, 0.15) is 74.1 Å². The van der Waals surface area contributed by atoms with Gasteiger partial charge >= 0.3 is 12.2 Å². The maximum absolute atomic E-state index is 15.1. The topological polar surface area (TPSA) is 126 Å². The number of rotatable bonds is 15. The van der Waals surface area contributed by atoms with Gasteiger partial charge in [-0.15, -0.1) is 0 Å². The molecule has 1 saturated heterocycles. The summed E-state index contributed by atoms with van der Waals surface area (Å²) in [4.78, 5) is 40.9. The second-order valence-corrected chi connectivity index (χ2v) is 19.8. The van der Waals surface area contributed by atoms with E-state index in [4.69, 9.17) is 19.0 Å². The monoisotopic (exact) mass is 755 g/mol. The van der Waals surface area contributed by atoms with Crippen molar-refractivity contribution in [2.75, 3.05) is 19.0 Å². The van der Waals surface area contributed by atoms with Crippen molar-refractivity contribution in [1.82, 2.24) is 10.2 Å². The van der Waals surface area contributed by atoms with Gasteiger partial charge in [0.1, 0.15) is 24.2 Å². The highest BCUT2D eigenvalue weighted by molar-refractivity contribution is 6.74. The minimum atomic E-state index is -2.37. The van der Waals surface area contributed by atoms with Crippen molar-refractivity contribution in [3.05, 3.63) is 131 Å². The number of cyclic esters (lactones) is 1. The van der Waals surface area contributed by atoms with Crippen LogP contribution in [0.25, 0.3) is 0 Å². The average Bonchev–Trinajstić information content (AvgIpc) is 3.54. The molecule has 286 valence electrons. The van der Waals surface area contributed by atoms with Crippen molar-refractivity contribution < 1.29 is 37.8 Å². The Morgan fingerprint density at radius 1 is 0.926 bits per heavy atom. The molecule has 1 aliphatic heterocycles. The Kier molecular flexibility index (Phi) is 12.8. The Hall–Kier alpha value is -5.20. The van der Waals surface area contributed by atoms with Crippen molar-refractivity contribution >= 4 is 32.1 Å². The summed E-state index contributed by atoms with van der Waals surface area (Å²) in [5.74, 6) is -0.949. The number of hydrogen-bond acceptors (Lipinski definition) is 7. The summed E-state index contributed by atoms with van der Waals surface area (Å²) >= 11 is 0. The van der Waals surface area contributed by atoms with E-state index in [1.807, 2.05) is 66.7 Å². The van der Waals surface area contributed by atoms with E-state index in [-0.39, 0.29) is 30.4 Å². The molecule has 1 fully saturated rings. The zero-order chi connectivity index (χ0) is 39.0. The first-order valence-electron chi connectivity index (χ1n) is 18.1. The highest BCUT2D eigenvalue weighted by Crippen LogP contribution is 2.43. The highest BCUT2D eigenvalue weighted by Gasteiger charge is 2.45. The lowest BCUT2D eigenvalue weighted by Gasteiger charge is -2.40. The lowest BCUT2D eigenvalue weighted by atomic mass is 9.85. The number of nitrogens with one attached hydrogen (secondary N) is 2.